The highest BCUT2D eigenvalue weighted by Gasteiger charge is 2.30. The van der Waals surface area contributed by atoms with E-state index in [9.17, 15) is 18.4 Å². The molecule has 3 N–H and O–H groups in total. The van der Waals surface area contributed by atoms with E-state index in [1.807, 2.05) is 49.9 Å². The Hall–Kier alpha value is -3.19. The molecule has 1 atom stereocenters. The number of rotatable bonds is 12. The van der Waals surface area contributed by atoms with E-state index in [1.165, 1.54) is 20.0 Å². The Kier molecular flexibility index (Phi) is 10.1. The van der Waals surface area contributed by atoms with Crippen molar-refractivity contribution in [2.24, 2.45) is 5.92 Å². The number of benzene rings is 2. The predicted octanol–water partition coefficient (Wildman–Crippen LogP) is 3.94. The van der Waals surface area contributed by atoms with Gasteiger partial charge in [0.2, 0.25) is 5.91 Å². The van der Waals surface area contributed by atoms with Crippen LogP contribution in [-0.4, -0.2) is 76.9 Å². The van der Waals surface area contributed by atoms with Crippen LogP contribution in [0.3, 0.4) is 0 Å². The minimum Gasteiger partial charge on any atom is -0.760 e. The molecule has 44 heavy (non-hydrogen) atoms. The number of ether oxygens (including phenoxy) is 2. The fraction of sp³-hybridized carbons (Fsp3) is 0.562. The molecule has 1 saturated heterocycles. The topological polar surface area (TPSA) is 135 Å². The number of piperazine rings is 1. The summed E-state index contributed by atoms with van der Waals surface area (Å²) in [5, 5.41) is 5.93. The predicted molar refractivity (Wildman–Crippen MR) is 170 cm³/mol. The molecule has 3 aliphatic rings. The Balaban J connectivity index is 1.22. The zero-order valence-electron chi connectivity index (χ0n) is 26.1. The molecule has 0 aromatic heterocycles. The molecule has 1 unspecified atom stereocenters. The van der Waals surface area contributed by atoms with Crippen molar-refractivity contribution < 1.29 is 27.8 Å². The second kappa shape index (κ2) is 13.8. The van der Waals surface area contributed by atoms with E-state index in [2.05, 4.69) is 20.3 Å². The van der Waals surface area contributed by atoms with Gasteiger partial charge in [-0.05, 0) is 78.3 Å². The smallest absolute Gasteiger partial charge is 0.323 e. The summed E-state index contributed by atoms with van der Waals surface area (Å²) in [6.45, 7) is 10.4. The first-order valence-electron chi connectivity index (χ1n) is 15.4. The van der Waals surface area contributed by atoms with Crippen LogP contribution in [0.4, 0.5) is 16.2 Å². The molecule has 0 spiro atoms. The lowest BCUT2D eigenvalue weighted by atomic mass is 9.85. The van der Waals surface area contributed by atoms with Crippen LogP contribution in [0.1, 0.15) is 62.3 Å². The number of methoxy groups -OCH3 is 1. The van der Waals surface area contributed by atoms with E-state index in [1.54, 1.807) is 0 Å². The Morgan fingerprint density at radius 2 is 1.84 bits per heavy atom. The van der Waals surface area contributed by atoms with E-state index in [0.717, 1.165) is 67.0 Å². The van der Waals surface area contributed by atoms with E-state index in [4.69, 9.17) is 9.47 Å². The molecule has 2 fully saturated rings. The second-order valence-electron chi connectivity index (χ2n) is 12.9. The van der Waals surface area contributed by atoms with Gasteiger partial charge < -0.3 is 29.6 Å². The lowest BCUT2D eigenvalue weighted by Gasteiger charge is -2.34. The fourth-order valence-corrected chi connectivity index (χ4v) is 6.24. The molecule has 2 aromatic carbocycles. The summed E-state index contributed by atoms with van der Waals surface area (Å²) in [7, 11) is 1.49. The van der Waals surface area contributed by atoms with E-state index in [0.29, 0.717) is 42.6 Å². The monoisotopic (exact) mass is 626 g/mol. The molecule has 240 valence electrons. The summed E-state index contributed by atoms with van der Waals surface area (Å²) in [6.07, 6.45) is 5.18. The molecule has 3 amide bonds. The number of amides is 3. The van der Waals surface area contributed by atoms with Crippen molar-refractivity contribution in [2.45, 2.75) is 64.8 Å². The first kappa shape index (κ1) is 32.2. The van der Waals surface area contributed by atoms with Crippen LogP contribution >= 0.6 is 0 Å². The first-order valence-corrected chi connectivity index (χ1v) is 16.5. The van der Waals surface area contributed by atoms with Crippen LogP contribution in [0.5, 0.6) is 11.5 Å². The van der Waals surface area contributed by atoms with E-state index < -0.39 is 17.3 Å². The lowest BCUT2D eigenvalue weighted by Crippen LogP contribution is -2.51. The second-order valence-corrected chi connectivity index (χ2v) is 13.7. The summed E-state index contributed by atoms with van der Waals surface area (Å²) in [6, 6.07) is 7.11. The Labute approximate surface area is 262 Å². The number of hydrogen-bond donors (Lipinski definition) is 3. The third-order valence-corrected chi connectivity index (χ3v) is 8.97. The van der Waals surface area contributed by atoms with Gasteiger partial charge in [-0.15, -0.1) is 0 Å². The van der Waals surface area contributed by atoms with Gasteiger partial charge in [0.1, 0.15) is 18.1 Å². The van der Waals surface area contributed by atoms with Crippen molar-refractivity contribution in [3.05, 3.63) is 46.5 Å². The molecular weight excluding hydrogens is 582 g/mol. The van der Waals surface area contributed by atoms with Gasteiger partial charge in [0, 0.05) is 55.2 Å². The van der Waals surface area contributed by atoms with Crippen molar-refractivity contribution in [3.8, 4) is 11.5 Å². The molecule has 12 heteroatoms. The van der Waals surface area contributed by atoms with Gasteiger partial charge in [-0.25, -0.2) is 9.52 Å². The highest BCUT2D eigenvalue weighted by molar-refractivity contribution is 7.77. The number of carbonyl (C=O) groups is 2. The maximum Gasteiger partial charge on any atom is 0.323 e. The van der Waals surface area contributed by atoms with Gasteiger partial charge in [0.15, 0.2) is 0 Å². The van der Waals surface area contributed by atoms with Gasteiger partial charge in [0.05, 0.1) is 19.3 Å². The number of carbonyl (C=O) groups excluding carboxylic acids is 2. The average molecular weight is 627 g/mol. The highest BCUT2D eigenvalue weighted by Crippen LogP contribution is 2.38. The van der Waals surface area contributed by atoms with Crippen molar-refractivity contribution in [1.82, 2.24) is 14.5 Å². The molecule has 0 radical (unpaired) electrons. The maximum absolute atomic E-state index is 13.3. The van der Waals surface area contributed by atoms with E-state index >= 15 is 0 Å². The summed E-state index contributed by atoms with van der Waals surface area (Å²) in [4.78, 5) is 30.0. The third kappa shape index (κ3) is 8.09. The SMILES string of the molecule is COc1c(CNS(=O)[O-])cc(C(C)(C)C)cc1NC(=O)Nc1ccc(OCCN2CCN(CC3CC3)C(=O)C2)c2c1CCC2. The zero-order chi connectivity index (χ0) is 31.4. The Morgan fingerprint density at radius 3 is 2.52 bits per heavy atom. The highest BCUT2D eigenvalue weighted by atomic mass is 32.2. The molecule has 1 saturated carbocycles. The molecule has 5 rings (SSSR count). The van der Waals surface area contributed by atoms with Crippen LogP contribution < -0.4 is 24.8 Å². The quantitative estimate of drug-likeness (QED) is 0.304. The first-order chi connectivity index (χ1) is 21.0. The zero-order valence-corrected chi connectivity index (χ0v) is 26.9. The van der Waals surface area contributed by atoms with Crippen molar-refractivity contribution in [2.75, 3.05) is 57.1 Å². The van der Waals surface area contributed by atoms with Crippen LogP contribution in [0.25, 0.3) is 0 Å². The number of anilines is 2. The molecule has 1 heterocycles. The Bertz CT molecular complexity index is 1410. The standard InChI is InChI=1S/C32H45N5O6S/c1-32(2,3)23-16-22(18-33-44(40)41)30(42-4)27(17-23)35-31(39)34-26-10-11-28(25-7-5-6-24(25)26)43-15-14-36-12-13-37(29(38)20-36)19-21-8-9-21/h10-11,16-17,21,33H,5-9,12-15,18-20H2,1-4H3,(H,40,41)(H2,34,35,39)/p-1. The van der Waals surface area contributed by atoms with Crippen LogP contribution in [-0.2, 0) is 40.9 Å². The number of nitrogens with one attached hydrogen (secondary N) is 3. The lowest BCUT2D eigenvalue weighted by molar-refractivity contribution is -0.136. The van der Waals surface area contributed by atoms with Gasteiger partial charge in [-0.3, -0.25) is 13.9 Å². The van der Waals surface area contributed by atoms with E-state index in [-0.39, 0.29) is 17.9 Å². The summed E-state index contributed by atoms with van der Waals surface area (Å²) < 4.78 is 36.5. The van der Waals surface area contributed by atoms with Gasteiger partial charge in [-0.1, -0.05) is 26.8 Å². The molecule has 2 aromatic rings. The summed E-state index contributed by atoms with van der Waals surface area (Å²) >= 11 is -2.44. The summed E-state index contributed by atoms with van der Waals surface area (Å²) in [5.41, 5.74) is 4.66. The normalized spacial score (nSPS) is 17.8. The minimum absolute atomic E-state index is 0.0292. The number of urea groups is 1. The van der Waals surface area contributed by atoms with Crippen LogP contribution in [0.2, 0.25) is 0 Å². The Morgan fingerprint density at radius 1 is 1.09 bits per heavy atom. The minimum atomic E-state index is -2.44. The van der Waals surface area contributed by atoms with Gasteiger partial charge >= 0.3 is 6.03 Å². The van der Waals surface area contributed by atoms with Crippen LogP contribution in [0.15, 0.2) is 24.3 Å². The molecular formula is C32H44N5O6S-. The average Bonchev–Trinajstić information content (AvgIpc) is 3.64. The number of nitrogens with zero attached hydrogens (tertiary/aromatic N) is 2. The number of hydrogen-bond acceptors (Lipinski definition) is 7. The largest absolute Gasteiger partial charge is 0.760 e. The molecule has 2 aliphatic carbocycles. The fourth-order valence-electron chi connectivity index (χ4n) is 5.96. The summed E-state index contributed by atoms with van der Waals surface area (Å²) in [5.74, 6) is 2.15. The third-order valence-electron chi connectivity index (χ3n) is 8.59. The van der Waals surface area contributed by atoms with Crippen molar-refractivity contribution in [3.63, 3.8) is 0 Å². The van der Waals surface area contributed by atoms with Crippen LogP contribution in [0, 0.1) is 5.92 Å². The molecule has 0 bridgehead atoms. The van der Waals surface area contributed by atoms with Crippen molar-refractivity contribution in [1.29, 1.82) is 0 Å². The van der Waals surface area contributed by atoms with Gasteiger partial charge in [-0.2, -0.15) is 0 Å². The van der Waals surface area contributed by atoms with Crippen molar-refractivity contribution >= 4 is 34.6 Å². The molecule has 1 aliphatic heterocycles. The molecule has 11 nitrogen and oxygen atoms in total. The maximum atomic E-state index is 13.3. The van der Waals surface area contributed by atoms with Gasteiger partial charge in [0.25, 0.3) is 0 Å². The number of fused-ring (bicyclic) bond motifs is 1.